The maximum atomic E-state index is 12.7. The molecular weight excluding hydrogens is 461 g/mol. The highest BCUT2D eigenvalue weighted by Gasteiger charge is 2.38. The van der Waals surface area contributed by atoms with E-state index >= 15 is 0 Å². The van der Waals surface area contributed by atoms with Gasteiger partial charge in [-0.25, -0.2) is 18.2 Å². The summed E-state index contributed by atoms with van der Waals surface area (Å²) in [7, 11) is -3.88. The molecule has 0 saturated heterocycles. The summed E-state index contributed by atoms with van der Waals surface area (Å²) in [6.45, 7) is 5.18. The van der Waals surface area contributed by atoms with E-state index in [1.807, 2.05) is 6.92 Å². The maximum absolute atomic E-state index is 12.7. The molecule has 172 valence electrons. The first-order chi connectivity index (χ1) is 14.2. The van der Waals surface area contributed by atoms with Gasteiger partial charge >= 0.3 is 12.1 Å². The summed E-state index contributed by atoms with van der Waals surface area (Å²) < 4.78 is 59.5. The van der Waals surface area contributed by atoms with Crippen molar-refractivity contribution >= 4 is 38.4 Å². The van der Waals surface area contributed by atoms with Crippen LogP contribution in [0.25, 0.3) is 0 Å². The van der Waals surface area contributed by atoms with Crippen molar-refractivity contribution in [2.45, 2.75) is 37.9 Å². The van der Waals surface area contributed by atoms with Crippen molar-refractivity contribution in [2.24, 2.45) is 5.73 Å². The van der Waals surface area contributed by atoms with Crippen molar-refractivity contribution in [1.29, 1.82) is 0 Å². The number of sulfonamides is 1. The molecule has 0 aliphatic rings. The van der Waals surface area contributed by atoms with Crippen LogP contribution in [0.2, 0.25) is 0 Å². The van der Waals surface area contributed by atoms with Crippen LogP contribution in [-0.4, -0.2) is 49.1 Å². The number of nitrogens with two attached hydrogens (primary N) is 1. The van der Waals surface area contributed by atoms with Gasteiger partial charge in [-0.2, -0.15) is 17.9 Å². The standard InChI is InChI=1S/C15H20N4O3S2.C2HF3O2/c1-9-6-10(2)13(11(3)7-9)24(21,22)19-12(8-16)14(20)18-15-17-4-5-23-15;3-2(4,5)1(6)7/h4-7,12,19H,8,16H2,1-3H3,(H,17,18,20);(H,6,7). The zero-order chi connectivity index (χ0) is 24.0. The number of aryl methyl sites for hydroxylation is 3. The molecule has 1 unspecified atom stereocenters. The Bertz CT molecular complexity index is 1000. The third kappa shape index (κ3) is 7.90. The second-order valence-electron chi connectivity index (χ2n) is 6.27. The summed E-state index contributed by atoms with van der Waals surface area (Å²) in [5.41, 5.74) is 7.80. The molecule has 2 aromatic rings. The molecule has 1 aromatic carbocycles. The number of nitrogens with zero attached hydrogens (tertiary/aromatic N) is 1. The lowest BCUT2D eigenvalue weighted by atomic mass is 10.1. The highest BCUT2D eigenvalue weighted by Crippen LogP contribution is 2.22. The van der Waals surface area contributed by atoms with Gasteiger partial charge in [-0.15, -0.1) is 11.3 Å². The van der Waals surface area contributed by atoms with Gasteiger partial charge in [0.05, 0.1) is 4.90 Å². The number of carboxylic acids is 1. The molecule has 0 bridgehead atoms. The number of halogens is 3. The fourth-order valence-corrected chi connectivity index (χ4v) is 4.72. The maximum Gasteiger partial charge on any atom is 0.490 e. The highest BCUT2D eigenvalue weighted by molar-refractivity contribution is 7.89. The van der Waals surface area contributed by atoms with E-state index in [0.29, 0.717) is 16.3 Å². The number of carbonyl (C=O) groups is 2. The Morgan fingerprint density at radius 1 is 1.23 bits per heavy atom. The normalized spacial score (nSPS) is 12.5. The molecule has 0 aliphatic carbocycles. The fraction of sp³-hybridized carbons (Fsp3) is 0.353. The Balaban J connectivity index is 0.000000592. The van der Waals surface area contributed by atoms with Gasteiger partial charge in [-0.05, 0) is 31.9 Å². The molecule has 0 spiro atoms. The van der Waals surface area contributed by atoms with Gasteiger partial charge in [0.1, 0.15) is 6.04 Å². The minimum absolute atomic E-state index is 0.166. The van der Waals surface area contributed by atoms with E-state index in [9.17, 15) is 26.4 Å². The lowest BCUT2D eigenvalue weighted by molar-refractivity contribution is -0.192. The molecule has 0 fully saturated rings. The molecule has 1 amide bonds. The SMILES string of the molecule is Cc1cc(C)c(S(=O)(=O)NC(CN)C(=O)Nc2nccs2)c(C)c1.O=C(O)C(F)(F)F. The number of rotatable bonds is 6. The van der Waals surface area contributed by atoms with Crippen molar-refractivity contribution in [3.05, 3.63) is 40.4 Å². The number of benzene rings is 1. The molecule has 5 N–H and O–H groups in total. The molecule has 0 saturated carbocycles. The molecule has 1 heterocycles. The number of amides is 1. The lowest BCUT2D eigenvalue weighted by Crippen LogP contribution is -2.48. The Morgan fingerprint density at radius 2 is 1.74 bits per heavy atom. The Hall–Kier alpha value is -2.55. The second-order valence-corrected chi connectivity index (χ2v) is 8.81. The van der Waals surface area contributed by atoms with Gasteiger partial charge in [0.25, 0.3) is 0 Å². The molecule has 14 heteroatoms. The quantitative estimate of drug-likeness (QED) is 0.491. The topological polar surface area (TPSA) is 151 Å². The van der Waals surface area contributed by atoms with Gasteiger partial charge in [0.15, 0.2) is 5.13 Å². The number of aliphatic carboxylic acids is 1. The summed E-state index contributed by atoms with van der Waals surface area (Å²) in [5.74, 6) is -3.30. The zero-order valence-corrected chi connectivity index (χ0v) is 18.3. The second kappa shape index (κ2) is 10.7. The van der Waals surface area contributed by atoms with Crippen molar-refractivity contribution < 1.29 is 36.3 Å². The summed E-state index contributed by atoms with van der Waals surface area (Å²) in [6.07, 6.45) is -3.54. The number of aromatic nitrogens is 1. The van der Waals surface area contributed by atoms with E-state index in [4.69, 9.17) is 15.6 Å². The number of hydrogen-bond donors (Lipinski definition) is 4. The smallest absolute Gasteiger partial charge is 0.475 e. The average molecular weight is 483 g/mol. The van der Waals surface area contributed by atoms with Crippen molar-refractivity contribution in [3.8, 4) is 0 Å². The van der Waals surface area contributed by atoms with E-state index in [1.165, 1.54) is 11.3 Å². The molecule has 0 radical (unpaired) electrons. The van der Waals surface area contributed by atoms with Crippen LogP contribution in [0, 0.1) is 20.8 Å². The van der Waals surface area contributed by atoms with E-state index in [2.05, 4.69) is 15.0 Å². The van der Waals surface area contributed by atoms with Crippen LogP contribution < -0.4 is 15.8 Å². The van der Waals surface area contributed by atoms with Crippen LogP contribution in [0.15, 0.2) is 28.6 Å². The average Bonchev–Trinajstić information content (AvgIpc) is 3.11. The number of nitrogens with one attached hydrogen (secondary N) is 2. The van der Waals surface area contributed by atoms with Gasteiger partial charge in [-0.1, -0.05) is 17.7 Å². The summed E-state index contributed by atoms with van der Waals surface area (Å²) >= 11 is 1.24. The van der Waals surface area contributed by atoms with Crippen LogP contribution in [0.3, 0.4) is 0 Å². The van der Waals surface area contributed by atoms with Crippen molar-refractivity contribution in [2.75, 3.05) is 11.9 Å². The zero-order valence-electron chi connectivity index (χ0n) is 16.6. The van der Waals surface area contributed by atoms with E-state index in [1.54, 1.807) is 37.6 Å². The minimum atomic E-state index is -5.08. The summed E-state index contributed by atoms with van der Waals surface area (Å²) in [4.78, 5) is 25.2. The predicted octanol–water partition coefficient (Wildman–Crippen LogP) is 1.95. The first-order valence-electron chi connectivity index (χ1n) is 8.49. The van der Waals surface area contributed by atoms with Gasteiger partial charge in [-0.3, -0.25) is 4.79 Å². The van der Waals surface area contributed by atoms with Gasteiger partial charge in [0.2, 0.25) is 15.9 Å². The molecule has 9 nitrogen and oxygen atoms in total. The van der Waals surface area contributed by atoms with Crippen LogP contribution in [0.5, 0.6) is 0 Å². The third-order valence-corrected chi connectivity index (χ3v) is 6.09. The molecule has 31 heavy (non-hydrogen) atoms. The fourth-order valence-electron chi connectivity index (χ4n) is 2.52. The van der Waals surface area contributed by atoms with Gasteiger partial charge in [0, 0.05) is 18.1 Å². The molecule has 1 aromatic heterocycles. The Labute approximate surface area is 180 Å². The first-order valence-corrected chi connectivity index (χ1v) is 10.9. The number of carboxylic acid groups (broad SMARTS) is 1. The minimum Gasteiger partial charge on any atom is -0.475 e. The summed E-state index contributed by atoms with van der Waals surface area (Å²) in [5, 5.41) is 11.8. The number of thiazole rings is 1. The van der Waals surface area contributed by atoms with E-state index in [-0.39, 0.29) is 11.4 Å². The largest absolute Gasteiger partial charge is 0.490 e. The first kappa shape index (κ1) is 26.5. The number of alkyl halides is 3. The summed E-state index contributed by atoms with van der Waals surface area (Å²) in [6, 6.07) is 2.49. The van der Waals surface area contributed by atoms with Crippen LogP contribution in [-0.2, 0) is 19.6 Å². The predicted molar refractivity (Wildman–Crippen MR) is 108 cm³/mol. The number of carbonyl (C=O) groups excluding carboxylic acids is 1. The molecule has 0 aliphatic heterocycles. The Kier molecular flexibility index (Phi) is 9.10. The van der Waals surface area contributed by atoms with E-state index in [0.717, 1.165) is 5.56 Å². The molecule has 1 atom stereocenters. The van der Waals surface area contributed by atoms with Crippen LogP contribution >= 0.6 is 11.3 Å². The Morgan fingerprint density at radius 3 is 2.13 bits per heavy atom. The van der Waals surface area contributed by atoms with E-state index < -0.39 is 34.1 Å². The van der Waals surface area contributed by atoms with Crippen LogP contribution in [0.4, 0.5) is 18.3 Å². The number of hydrogen-bond acceptors (Lipinski definition) is 7. The lowest BCUT2D eigenvalue weighted by Gasteiger charge is -2.18. The van der Waals surface area contributed by atoms with Gasteiger partial charge < -0.3 is 16.2 Å². The van der Waals surface area contributed by atoms with Crippen LogP contribution in [0.1, 0.15) is 16.7 Å². The van der Waals surface area contributed by atoms with Crippen molar-refractivity contribution in [1.82, 2.24) is 9.71 Å². The number of anilines is 1. The molecule has 2 rings (SSSR count). The highest BCUT2D eigenvalue weighted by atomic mass is 32.2. The third-order valence-electron chi connectivity index (χ3n) is 3.63. The molecular formula is C17H21F3N4O5S2. The monoisotopic (exact) mass is 482 g/mol. The van der Waals surface area contributed by atoms with Crippen molar-refractivity contribution in [3.63, 3.8) is 0 Å².